The van der Waals surface area contributed by atoms with Gasteiger partial charge in [0.05, 0.1) is 19.8 Å². The number of hydrogen-bond donors (Lipinski definition) is 0. The Morgan fingerprint density at radius 1 is 1.00 bits per heavy atom. The van der Waals surface area contributed by atoms with Crippen molar-refractivity contribution in [1.29, 1.82) is 0 Å². The molecule has 0 aliphatic carbocycles. The van der Waals surface area contributed by atoms with E-state index >= 15 is 0 Å². The van der Waals surface area contributed by atoms with Crippen molar-refractivity contribution in [3.8, 4) is 0 Å². The number of ether oxygens (including phenoxy) is 1. The third-order valence-corrected chi connectivity index (χ3v) is 3.47. The van der Waals surface area contributed by atoms with Crippen LogP contribution in [0.15, 0.2) is 0 Å². The van der Waals surface area contributed by atoms with Crippen molar-refractivity contribution in [2.45, 2.75) is 27.2 Å². The van der Waals surface area contributed by atoms with Gasteiger partial charge in [0.25, 0.3) is 5.52 Å². The predicted molar refractivity (Wildman–Crippen MR) is 57.1 cm³/mol. The van der Waals surface area contributed by atoms with Crippen molar-refractivity contribution in [1.82, 2.24) is 0 Å². The molecule has 0 fully saturated rings. The highest BCUT2D eigenvalue weighted by Crippen LogP contribution is 2.49. The van der Waals surface area contributed by atoms with Crippen LogP contribution in [-0.2, 0) is 27.9 Å². The molecule has 0 heterocycles. The van der Waals surface area contributed by atoms with Crippen LogP contribution in [0.2, 0.25) is 0 Å². The molecule has 7 heteroatoms. The lowest BCUT2D eigenvalue weighted by molar-refractivity contribution is -0.144. The van der Waals surface area contributed by atoms with Crippen LogP contribution >= 0.6 is 7.60 Å². The fourth-order valence-electron chi connectivity index (χ4n) is 0.953. The van der Waals surface area contributed by atoms with Gasteiger partial charge in [-0.3, -0.25) is 14.2 Å². The number of rotatable bonds is 8. The minimum atomic E-state index is -3.83. The summed E-state index contributed by atoms with van der Waals surface area (Å²) >= 11 is 0. The number of carbonyl (C=O) groups excluding carboxylic acids is 2. The maximum atomic E-state index is 11.9. The summed E-state index contributed by atoms with van der Waals surface area (Å²) in [6, 6.07) is 0. The smallest absolute Gasteiger partial charge is 0.397 e. The van der Waals surface area contributed by atoms with Crippen molar-refractivity contribution < 1.29 is 27.9 Å². The summed E-state index contributed by atoms with van der Waals surface area (Å²) < 4.78 is 26.0. The van der Waals surface area contributed by atoms with E-state index in [2.05, 4.69) is 4.74 Å². The lowest BCUT2D eigenvalue weighted by Crippen LogP contribution is -2.14. The van der Waals surface area contributed by atoms with E-state index in [1.807, 2.05) is 0 Å². The van der Waals surface area contributed by atoms with Gasteiger partial charge in [0.1, 0.15) is 6.42 Å². The zero-order chi connectivity index (χ0) is 12.6. The van der Waals surface area contributed by atoms with E-state index in [1.165, 1.54) is 0 Å². The minimum Gasteiger partial charge on any atom is -0.466 e. The molecule has 0 saturated heterocycles. The Kier molecular flexibility index (Phi) is 7.21. The summed E-state index contributed by atoms with van der Waals surface area (Å²) in [5.74, 6) is -0.730. The van der Waals surface area contributed by atoms with Gasteiger partial charge in [0.2, 0.25) is 0 Å². The monoisotopic (exact) mass is 252 g/mol. The Balaban J connectivity index is 4.50. The molecule has 0 amide bonds. The lowest BCUT2D eigenvalue weighted by Gasteiger charge is -2.14. The van der Waals surface area contributed by atoms with Crippen LogP contribution in [-0.4, -0.2) is 31.3 Å². The molecule has 94 valence electrons. The molecule has 0 aliphatic heterocycles. The van der Waals surface area contributed by atoms with Gasteiger partial charge in [-0.1, -0.05) is 0 Å². The Hall–Kier alpha value is -0.710. The molecule has 0 spiro atoms. The number of carbonyl (C=O) groups is 2. The summed E-state index contributed by atoms with van der Waals surface area (Å²) in [4.78, 5) is 22.5. The van der Waals surface area contributed by atoms with E-state index in [-0.39, 0.29) is 19.8 Å². The second-order valence-corrected chi connectivity index (χ2v) is 4.72. The molecule has 0 aliphatic rings. The van der Waals surface area contributed by atoms with Gasteiger partial charge in [-0.05, 0) is 20.8 Å². The maximum absolute atomic E-state index is 11.9. The summed E-state index contributed by atoms with van der Waals surface area (Å²) in [5, 5.41) is 0. The molecule has 0 bridgehead atoms. The fraction of sp³-hybridized carbons (Fsp3) is 0.778. The highest BCUT2D eigenvalue weighted by molar-refractivity contribution is 7.71. The average Bonchev–Trinajstić information content (AvgIpc) is 2.18. The van der Waals surface area contributed by atoms with Gasteiger partial charge in [-0.2, -0.15) is 0 Å². The van der Waals surface area contributed by atoms with Crippen molar-refractivity contribution in [2.75, 3.05) is 19.8 Å². The van der Waals surface area contributed by atoms with E-state index < -0.39 is 25.5 Å². The second-order valence-electron chi connectivity index (χ2n) is 2.71. The van der Waals surface area contributed by atoms with E-state index in [1.54, 1.807) is 20.8 Å². The van der Waals surface area contributed by atoms with Crippen LogP contribution in [0, 0.1) is 0 Å². The highest BCUT2D eigenvalue weighted by atomic mass is 31.2. The quantitative estimate of drug-likeness (QED) is 0.372. The molecule has 0 aromatic heterocycles. The van der Waals surface area contributed by atoms with E-state index in [4.69, 9.17) is 9.05 Å². The molecule has 0 unspecified atom stereocenters. The van der Waals surface area contributed by atoms with Crippen LogP contribution < -0.4 is 0 Å². The zero-order valence-corrected chi connectivity index (χ0v) is 10.6. The molecular weight excluding hydrogens is 235 g/mol. The average molecular weight is 252 g/mol. The van der Waals surface area contributed by atoms with Crippen LogP contribution in [0.3, 0.4) is 0 Å². The van der Waals surface area contributed by atoms with Crippen molar-refractivity contribution in [3.63, 3.8) is 0 Å². The van der Waals surface area contributed by atoms with E-state index in [0.717, 1.165) is 0 Å². The Bertz CT molecular complexity index is 278. The first-order chi connectivity index (χ1) is 7.50. The van der Waals surface area contributed by atoms with Gasteiger partial charge >= 0.3 is 13.6 Å². The zero-order valence-electron chi connectivity index (χ0n) is 9.73. The van der Waals surface area contributed by atoms with Crippen molar-refractivity contribution >= 4 is 19.1 Å². The fourth-order valence-corrected chi connectivity index (χ4v) is 2.32. The molecule has 0 N–H and O–H groups in total. The molecule has 0 atom stereocenters. The minimum absolute atomic E-state index is 0.0752. The lowest BCUT2D eigenvalue weighted by atomic mass is 10.5. The number of esters is 1. The number of hydrogen-bond acceptors (Lipinski definition) is 6. The summed E-state index contributed by atoms with van der Waals surface area (Å²) in [6.07, 6.45) is -0.592. The van der Waals surface area contributed by atoms with Crippen LogP contribution in [0.1, 0.15) is 27.2 Å². The predicted octanol–water partition coefficient (Wildman–Crippen LogP) is 1.73. The molecule has 16 heavy (non-hydrogen) atoms. The molecule has 0 saturated carbocycles. The van der Waals surface area contributed by atoms with Gasteiger partial charge in [-0.25, -0.2) is 0 Å². The summed E-state index contributed by atoms with van der Waals surface area (Å²) in [7, 11) is -3.83. The maximum Gasteiger partial charge on any atom is 0.397 e. The molecule has 6 nitrogen and oxygen atoms in total. The second kappa shape index (κ2) is 7.54. The first-order valence-corrected chi connectivity index (χ1v) is 6.62. The molecule has 0 rings (SSSR count). The third-order valence-electron chi connectivity index (χ3n) is 1.50. The van der Waals surface area contributed by atoms with Crippen LogP contribution in [0.4, 0.5) is 0 Å². The largest absolute Gasteiger partial charge is 0.466 e. The molecule has 0 aromatic carbocycles. The Morgan fingerprint density at radius 3 is 1.88 bits per heavy atom. The van der Waals surface area contributed by atoms with Gasteiger partial charge in [-0.15, -0.1) is 0 Å². The van der Waals surface area contributed by atoms with E-state index in [9.17, 15) is 14.2 Å². The van der Waals surface area contributed by atoms with Gasteiger partial charge in [0.15, 0.2) is 0 Å². The third kappa shape index (κ3) is 4.88. The molecular formula is C9H17O6P. The molecule has 0 aromatic rings. The standard InChI is InChI=1S/C9H17O6P/c1-4-13-8(10)7-9(11)16(12,14-5-2)15-6-3/h4-7H2,1-3H3. The first-order valence-electron chi connectivity index (χ1n) is 5.08. The van der Waals surface area contributed by atoms with Crippen molar-refractivity contribution in [3.05, 3.63) is 0 Å². The molecule has 0 radical (unpaired) electrons. The van der Waals surface area contributed by atoms with Crippen molar-refractivity contribution in [2.24, 2.45) is 0 Å². The topological polar surface area (TPSA) is 78.9 Å². The van der Waals surface area contributed by atoms with Crippen LogP contribution in [0.5, 0.6) is 0 Å². The normalized spacial score (nSPS) is 11.2. The SMILES string of the molecule is CCOC(=O)CC(=O)P(=O)(OCC)OCC. The van der Waals surface area contributed by atoms with E-state index in [0.29, 0.717) is 0 Å². The Morgan fingerprint density at radius 2 is 1.50 bits per heavy atom. The Labute approximate surface area is 94.8 Å². The summed E-state index contributed by atoms with van der Waals surface area (Å²) in [6.45, 7) is 5.11. The van der Waals surface area contributed by atoms with Gasteiger partial charge in [0, 0.05) is 0 Å². The highest BCUT2D eigenvalue weighted by Gasteiger charge is 2.35. The van der Waals surface area contributed by atoms with Crippen LogP contribution in [0.25, 0.3) is 0 Å². The summed E-state index contributed by atoms with van der Waals surface area (Å²) in [5.41, 5.74) is -0.866. The first kappa shape index (κ1) is 15.3. The van der Waals surface area contributed by atoms with Gasteiger partial charge < -0.3 is 13.8 Å².